The van der Waals surface area contributed by atoms with Crippen molar-refractivity contribution in [2.45, 2.75) is 51.0 Å². The average Bonchev–Trinajstić information content (AvgIpc) is 3.33. The van der Waals surface area contributed by atoms with Gasteiger partial charge in [0, 0.05) is 16.8 Å². The van der Waals surface area contributed by atoms with Crippen LogP contribution < -0.4 is 0 Å². The second kappa shape index (κ2) is 9.49. The molecule has 7 heteroatoms. The lowest BCUT2D eigenvalue weighted by Gasteiger charge is -2.17. The molecule has 1 N–H and O–H groups in total. The van der Waals surface area contributed by atoms with Gasteiger partial charge < -0.3 is 5.11 Å². The summed E-state index contributed by atoms with van der Waals surface area (Å²) in [7, 11) is 0. The predicted octanol–water partition coefficient (Wildman–Crippen LogP) is 5.10. The highest BCUT2D eigenvalue weighted by Crippen LogP contribution is 2.27. The largest absolute Gasteiger partial charge is 0.481 e. The number of hydrogen-bond acceptors (Lipinski definition) is 5. The predicted molar refractivity (Wildman–Crippen MR) is 138 cm³/mol. The second-order valence-electron chi connectivity index (χ2n) is 9.50. The number of nitrogens with zero attached hydrogens (tertiary/aromatic N) is 5. The van der Waals surface area contributed by atoms with Crippen LogP contribution in [-0.2, 0) is 30.5 Å². The number of carboxylic acid groups (broad SMARTS) is 1. The third kappa shape index (κ3) is 4.44. The van der Waals surface area contributed by atoms with Crippen LogP contribution in [0.15, 0.2) is 67.0 Å². The van der Waals surface area contributed by atoms with E-state index in [0.717, 1.165) is 53.3 Å². The molecule has 6 rings (SSSR count). The van der Waals surface area contributed by atoms with Crippen molar-refractivity contribution < 1.29 is 9.90 Å². The Morgan fingerprint density at radius 1 is 0.944 bits per heavy atom. The Kier molecular flexibility index (Phi) is 5.89. The summed E-state index contributed by atoms with van der Waals surface area (Å²) in [6.07, 6.45) is 9.85. The van der Waals surface area contributed by atoms with Crippen LogP contribution in [0.2, 0.25) is 0 Å². The second-order valence-corrected chi connectivity index (χ2v) is 9.50. The van der Waals surface area contributed by atoms with Crippen molar-refractivity contribution in [1.82, 2.24) is 24.7 Å². The molecule has 5 aromatic rings. The number of pyridine rings is 1. The Bertz CT molecular complexity index is 1580. The summed E-state index contributed by atoms with van der Waals surface area (Å²) in [5, 5.41) is 15.2. The van der Waals surface area contributed by atoms with Crippen LogP contribution in [-0.4, -0.2) is 35.8 Å². The van der Waals surface area contributed by atoms with E-state index >= 15 is 0 Å². The lowest BCUT2D eigenvalue weighted by molar-refractivity contribution is -0.137. The van der Waals surface area contributed by atoms with Gasteiger partial charge in [0.25, 0.3) is 0 Å². The van der Waals surface area contributed by atoms with Gasteiger partial charge in [-0.3, -0.25) is 19.4 Å². The minimum Gasteiger partial charge on any atom is -0.481 e. The van der Waals surface area contributed by atoms with Gasteiger partial charge in [-0.1, -0.05) is 24.3 Å². The summed E-state index contributed by atoms with van der Waals surface area (Å²) in [4.78, 5) is 25.9. The fraction of sp³-hybridized carbons (Fsp3) is 0.276. The summed E-state index contributed by atoms with van der Waals surface area (Å²) in [5.74, 6) is -0.909. The van der Waals surface area contributed by atoms with Gasteiger partial charge in [0.1, 0.15) is 6.04 Å². The minimum atomic E-state index is -0.909. The first-order valence-corrected chi connectivity index (χ1v) is 12.5. The van der Waals surface area contributed by atoms with E-state index in [2.05, 4.69) is 34.3 Å². The van der Waals surface area contributed by atoms with Crippen molar-refractivity contribution in [1.29, 1.82) is 0 Å². The highest BCUT2D eigenvalue weighted by atomic mass is 16.4. The molecule has 0 saturated carbocycles. The van der Waals surface area contributed by atoms with Crippen LogP contribution in [0.1, 0.15) is 53.5 Å². The SMILES string of the molecule is O=C(O)CC(c1cnc2ccccc2n1)n1ncc2cc(CCc3ccc4c(n3)CCCC4)ccc21. The normalized spacial score (nSPS) is 14.1. The number of aromatic nitrogens is 5. The van der Waals surface area contributed by atoms with Gasteiger partial charge in [-0.2, -0.15) is 5.10 Å². The van der Waals surface area contributed by atoms with Crippen molar-refractivity contribution in [2.75, 3.05) is 0 Å². The number of benzene rings is 2. The van der Waals surface area contributed by atoms with E-state index < -0.39 is 12.0 Å². The van der Waals surface area contributed by atoms with E-state index in [1.165, 1.54) is 29.7 Å². The van der Waals surface area contributed by atoms with E-state index in [9.17, 15) is 9.90 Å². The average molecular weight is 478 g/mol. The molecular formula is C29H27N5O2. The lowest BCUT2D eigenvalue weighted by Crippen LogP contribution is -2.18. The minimum absolute atomic E-state index is 0.129. The highest BCUT2D eigenvalue weighted by molar-refractivity contribution is 5.80. The van der Waals surface area contributed by atoms with Gasteiger partial charge in [0.2, 0.25) is 0 Å². The van der Waals surface area contributed by atoms with Crippen molar-refractivity contribution >= 4 is 27.9 Å². The molecule has 0 saturated heterocycles. The van der Waals surface area contributed by atoms with Gasteiger partial charge >= 0.3 is 5.97 Å². The fourth-order valence-electron chi connectivity index (χ4n) is 5.16. The van der Waals surface area contributed by atoms with Gasteiger partial charge in [-0.15, -0.1) is 0 Å². The molecule has 0 fully saturated rings. The van der Waals surface area contributed by atoms with E-state index in [1.807, 2.05) is 30.3 Å². The Morgan fingerprint density at radius 3 is 2.69 bits per heavy atom. The molecule has 1 aliphatic rings. The number of hydrogen-bond donors (Lipinski definition) is 1. The molecule has 7 nitrogen and oxygen atoms in total. The molecule has 2 aromatic carbocycles. The summed E-state index contributed by atoms with van der Waals surface area (Å²) in [5.41, 5.74) is 8.02. The summed E-state index contributed by atoms with van der Waals surface area (Å²) >= 11 is 0. The number of para-hydroxylation sites is 2. The Labute approximate surface area is 208 Å². The Balaban J connectivity index is 1.27. The molecule has 3 aromatic heterocycles. The summed E-state index contributed by atoms with van der Waals surface area (Å²) < 4.78 is 1.76. The summed E-state index contributed by atoms with van der Waals surface area (Å²) in [6.45, 7) is 0. The highest BCUT2D eigenvalue weighted by Gasteiger charge is 2.23. The standard InChI is InChI=1S/C29H27N5O2/c35-29(36)16-28(26-18-30-24-7-3-4-8-25(24)33-26)34-27-14-10-19(15-21(27)17-31-34)9-12-22-13-11-20-5-1-2-6-23(20)32-22/h3-4,7-8,10-11,13-15,17-18,28H,1-2,5-6,9,12,16H2,(H,35,36). The van der Waals surface area contributed by atoms with Crippen molar-refractivity contribution in [3.8, 4) is 0 Å². The van der Waals surface area contributed by atoms with E-state index in [4.69, 9.17) is 9.97 Å². The number of aryl methyl sites for hydroxylation is 4. The molecule has 36 heavy (non-hydrogen) atoms. The first-order chi connectivity index (χ1) is 17.6. The quantitative estimate of drug-likeness (QED) is 0.350. The van der Waals surface area contributed by atoms with Crippen molar-refractivity contribution in [2.24, 2.45) is 0 Å². The van der Waals surface area contributed by atoms with Crippen LogP contribution in [0.3, 0.4) is 0 Å². The third-order valence-corrected chi connectivity index (χ3v) is 7.04. The number of carboxylic acids is 1. The fourth-order valence-corrected chi connectivity index (χ4v) is 5.16. The summed E-state index contributed by atoms with van der Waals surface area (Å²) in [6, 6.07) is 17.7. The smallest absolute Gasteiger partial charge is 0.305 e. The third-order valence-electron chi connectivity index (χ3n) is 7.04. The molecule has 0 amide bonds. The van der Waals surface area contributed by atoms with Gasteiger partial charge in [-0.05, 0) is 80.0 Å². The molecule has 0 radical (unpaired) electrons. The zero-order valence-corrected chi connectivity index (χ0v) is 20.0. The van der Waals surface area contributed by atoms with Crippen LogP contribution in [0.4, 0.5) is 0 Å². The van der Waals surface area contributed by atoms with Crippen LogP contribution in [0.5, 0.6) is 0 Å². The number of fused-ring (bicyclic) bond motifs is 3. The molecule has 0 spiro atoms. The van der Waals surface area contributed by atoms with Gasteiger partial charge in [0.05, 0.1) is 41.1 Å². The first kappa shape index (κ1) is 22.3. The molecule has 3 heterocycles. The van der Waals surface area contributed by atoms with Crippen LogP contribution >= 0.6 is 0 Å². The number of aliphatic carboxylic acids is 1. The number of carbonyl (C=O) groups is 1. The molecule has 1 unspecified atom stereocenters. The molecule has 0 bridgehead atoms. The zero-order valence-electron chi connectivity index (χ0n) is 20.0. The first-order valence-electron chi connectivity index (χ1n) is 12.5. The zero-order chi connectivity index (χ0) is 24.5. The van der Waals surface area contributed by atoms with E-state index in [0.29, 0.717) is 5.69 Å². The molecular weight excluding hydrogens is 450 g/mol. The molecule has 0 aliphatic heterocycles. The Hall–Kier alpha value is -4.13. The van der Waals surface area contributed by atoms with Crippen LogP contribution in [0.25, 0.3) is 21.9 Å². The number of rotatable bonds is 7. The maximum absolute atomic E-state index is 11.7. The van der Waals surface area contributed by atoms with Crippen LogP contribution in [0, 0.1) is 0 Å². The topological polar surface area (TPSA) is 93.8 Å². The van der Waals surface area contributed by atoms with E-state index in [-0.39, 0.29) is 6.42 Å². The molecule has 1 aliphatic carbocycles. The van der Waals surface area contributed by atoms with Gasteiger partial charge in [0.15, 0.2) is 0 Å². The lowest BCUT2D eigenvalue weighted by atomic mass is 9.95. The maximum Gasteiger partial charge on any atom is 0.305 e. The molecule has 180 valence electrons. The Morgan fingerprint density at radius 2 is 1.81 bits per heavy atom. The van der Waals surface area contributed by atoms with E-state index in [1.54, 1.807) is 17.1 Å². The molecule has 1 atom stereocenters. The van der Waals surface area contributed by atoms with Crippen molar-refractivity contribution in [3.05, 3.63) is 95.2 Å². The van der Waals surface area contributed by atoms with Crippen molar-refractivity contribution in [3.63, 3.8) is 0 Å². The van der Waals surface area contributed by atoms with Gasteiger partial charge in [-0.25, -0.2) is 4.98 Å². The monoisotopic (exact) mass is 477 g/mol. The maximum atomic E-state index is 11.7.